The average molecular weight is 300 g/mol. The summed E-state index contributed by atoms with van der Waals surface area (Å²) >= 11 is 0. The molecule has 0 saturated carbocycles. The standard InChI is InChI=1S/C15H16N4O3/c1-8-16-12(19-22-8)7-13(20)17-9-4-5-11-10(6-9)15(2,3)14(21)18-11/h4-6H,7H2,1-3H3,(H,17,20)(H,18,21). The maximum absolute atomic E-state index is 12.0. The minimum Gasteiger partial charge on any atom is -0.340 e. The Labute approximate surface area is 127 Å². The zero-order chi connectivity index (χ0) is 15.9. The fourth-order valence-corrected chi connectivity index (χ4v) is 2.41. The van der Waals surface area contributed by atoms with Crippen molar-refractivity contribution in [2.24, 2.45) is 0 Å². The normalized spacial score (nSPS) is 15.3. The van der Waals surface area contributed by atoms with Gasteiger partial charge in [-0.1, -0.05) is 5.16 Å². The quantitative estimate of drug-likeness (QED) is 0.900. The molecule has 2 amide bonds. The molecule has 0 spiro atoms. The highest BCUT2D eigenvalue weighted by atomic mass is 16.5. The van der Waals surface area contributed by atoms with Gasteiger partial charge in [-0.05, 0) is 37.6 Å². The van der Waals surface area contributed by atoms with Gasteiger partial charge in [-0.15, -0.1) is 0 Å². The molecule has 0 bridgehead atoms. The molecule has 22 heavy (non-hydrogen) atoms. The number of carbonyl (C=O) groups excluding carboxylic acids is 2. The molecule has 0 atom stereocenters. The number of nitrogens with one attached hydrogen (secondary N) is 2. The van der Waals surface area contributed by atoms with Gasteiger partial charge in [0, 0.05) is 18.3 Å². The Morgan fingerprint density at radius 1 is 1.41 bits per heavy atom. The SMILES string of the molecule is Cc1nc(CC(=O)Nc2ccc3c(c2)C(C)(C)C(=O)N3)no1. The van der Waals surface area contributed by atoms with E-state index >= 15 is 0 Å². The molecule has 1 aliphatic heterocycles. The van der Waals surface area contributed by atoms with Crippen LogP contribution >= 0.6 is 0 Å². The van der Waals surface area contributed by atoms with E-state index < -0.39 is 5.41 Å². The summed E-state index contributed by atoms with van der Waals surface area (Å²) in [5.74, 6) is 0.476. The highest BCUT2D eigenvalue weighted by Gasteiger charge is 2.38. The number of nitrogens with zero attached hydrogens (tertiary/aromatic N) is 2. The molecule has 7 heteroatoms. The third kappa shape index (κ3) is 2.45. The second-order valence-electron chi connectivity index (χ2n) is 5.79. The van der Waals surface area contributed by atoms with Gasteiger partial charge >= 0.3 is 0 Å². The first-order valence-electron chi connectivity index (χ1n) is 6.91. The summed E-state index contributed by atoms with van der Waals surface area (Å²) < 4.78 is 4.83. The number of aryl methyl sites for hydroxylation is 1. The van der Waals surface area contributed by atoms with E-state index in [9.17, 15) is 9.59 Å². The van der Waals surface area contributed by atoms with Gasteiger partial charge in [0.05, 0.1) is 11.8 Å². The monoisotopic (exact) mass is 300 g/mol. The van der Waals surface area contributed by atoms with E-state index in [1.807, 2.05) is 19.9 Å². The number of hydrogen-bond acceptors (Lipinski definition) is 5. The highest BCUT2D eigenvalue weighted by Crippen LogP contribution is 2.38. The Morgan fingerprint density at radius 3 is 2.86 bits per heavy atom. The lowest BCUT2D eigenvalue weighted by Crippen LogP contribution is -2.27. The van der Waals surface area contributed by atoms with Crippen LogP contribution in [0.25, 0.3) is 0 Å². The molecule has 1 aromatic carbocycles. The topological polar surface area (TPSA) is 97.1 Å². The van der Waals surface area contributed by atoms with E-state index in [-0.39, 0.29) is 18.2 Å². The van der Waals surface area contributed by atoms with Crippen molar-refractivity contribution in [3.05, 3.63) is 35.5 Å². The molecule has 0 fully saturated rings. The van der Waals surface area contributed by atoms with E-state index in [2.05, 4.69) is 20.8 Å². The summed E-state index contributed by atoms with van der Waals surface area (Å²) in [5.41, 5.74) is 1.67. The van der Waals surface area contributed by atoms with Gasteiger partial charge in [-0.25, -0.2) is 0 Å². The van der Waals surface area contributed by atoms with Gasteiger partial charge in [0.15, 0.2) is 5.82 Å². The Balaban J connectivity index is 1.76. The summed E-state index contributed by atoms with van der Waals surface area (Å²) in [6, 6.07) is 5.35. The molecule has 0 aliphatic carbocycles. The van der Waals surface area contributed by atoms with Crippen molar-refractivity contribution >= 4 is 23.2 Å². The van der Waals surface area contributed by atoms with Crippen molar-refractivity contribution in [2.75, 3.05) is 10.6 Å². The number of rotatable bonds is 3. The zero-order valence-corrected chi connectivity index (χ0v) is 12.6. The molecule has 114 valence electrons. The molecule has 2 aromatic rings. The summed E-state index contributed by atoms with van der Waals surface area (Å²) in [6.45, 7) is 5.37. The summed E-state index contributed by atoms with van der Waals surface area (Å²) in [7, 11) is 0. The van der Waals surface area contributed by atoms with Gasteiger partial charge in [0.1, 0.15) is 0 Å². The highest BCUT2D eigenvalue weighted by molar-refractivity contribution is 6.06. The van der Waals surface area contributed by atoms with Crippen molar-refractivity contribution in [1.82, 2.24) is 10.1 Å². The molecular formula is C15H16N4O3. The molecule has 0 radical (unpaired) electrons. The van der Waals surface area contributed by atoms with Crippen molar-refractivity contribution in [3.63, 3.8) is 0 Å². The van der Waals surface area contributed by atoms with Crippen LogP contribution in [0.1, 0.15) is 31.1 Å². The molecular weight excluding hydrogens is 284 g/mol. The predicted molar refractivity (Wildman–Crippen MR) is 79.5 cm³/mol. The predicted octanol–water partition coefficient (Wildman–Crippen LogP) is 1.79. The lowest BCUT2D eigenvalue weighted by atomic mass is 9.86. The van der Waals surface area contributed by atoms with Crippen molar-refractivity contribution in [3.8, 4) is 0 Å². The average Bonchev–Trinajstić information content (AvgIpc) is 2.93. The van der Waals surface area contributed by atoms with Crippen LogP contribution in [0.4, 0.5) is 11.4 Å². The van der Waals surface area contributed by atoms with Crippen LogP contribution in [-0.4, -0.2) is 22.0 Å². The van der Waals surface area contributed by atoms with Crippen LogP contribution in [0.5, 0.6) is 0 Å². The summed E-state index contributed by atoms with van der Waals surface area (Å²) in [6.07, 6.45) is 0.0367. The largest absolute Gasteiger partial charge is 0.340 e. The van der Waals surface area contributed by atoms with E-state index in [1.54, 1.807) is 19.1 Å². The number of anilines is 2. The van der Waals surface area contributed by atoms with Crippen LogP contribution in [-0.2, 0) is 21.4 Å². The van der Waals surface area contributed by atoms with E-state index in [4.69, 9.17) is 4.52 Å². The third-order valence-electron chi connectivity index (χ3n) is 3.68. The fourth-order valence-electron chi connectivity index (χ4n) is 2.41. The first kappa shape index (κ1) is 14.2. The van der Waals surface area contributed by atoms with Crippen LogP contribution < -0.4 is 10.6 Å². The summed E-state index contributed by atoms with van der Waals surface area (Å²) in [5, 5.41) is 9.30. The van der Waals surface area contributed by atoms with Crippen LogP contribution in [0.3, 0.4) is 0 Å². The first-order chi connectivity index (χ1) is 10.4. The van der Waals surface area contributed by atoms with Crippen LogP contribution in [0, 0.1) is 6.92 Å². The first-order valence-corrected chi connectivity index (χ1v) is 6.91. The number of amides is 2. The maximum Gasteiger partial charge on any atom is 0.234 e. The van der Waals surface area contributed by atoms with Gasteiger partial charge in [0.2, 0.25) is 17.7 Å². The maximum atomic E-state index is 12.0. The Bertz CT molecular complexity index is 764. The molecule has 2 N–H and O–H groups in total. The molecule has 1 aromatic heterocycles. The van der Waals surface area contributed by atoms with Gasteiger partial charge in [0.25, 0.3) is 0 Å². The Kier molecular flexibility index (Phi) is 3.20. The molecule has 7 nitrogen and oxygen atoms in total. The van der Waals surface area contributed by atoms with E-state index in [0.717, 1.165) is 11.3 Å². The van der Waals surface area contributed by atoms with Crippen molar-refractivity contribution < 1.29 is 14.1 Å². The van der Waals surface area contributed by atoms with E-state index in [1.165, 1.54) is 0 Å². The molecule has 1 aliphatic rings. The second kappa shape index (κ2) is 4.94. The van der Waals surface area contributed by atoms with Crippen LogP contribution in [0.2, 0.25) is 0 Å². The van der Waals surface area contributed by atoms with Gasteiger partial charge in [-0.2, -0.15) is 4.98 Å². The number of aromatic nitrogens is 2. The van der Waals surface area contributed by atoms with Crippen molar-refractivity contribution in [2.45, 2.75) is 32.6 Å². The lowest BCUT2D eigenvalue weighted by molar-refractivity contribution is -0.119. The fraction of sp³-hybridized carbons (Fsp3) is 0.333. The zero-order valence-electron chi connectivity index (χ0n) is 12.6. The summed E-state index contributed by atoms with van der Waals surface area (Å²) in [4.78, 5) is 27.9. The van der Waals surface area contributed by atoms with Crippen LogP contribution in [0.15, 0.2) is 22.7 Å². The number of hydrogen-bond donors (Lipinski definition) is 2. The van der Waals surface area contributed by atoms with Gasteiger partial charge in [-0.3, -0.25) is 9.59 Å². The number of carbonyl (C=O) groups is 2. The Morgan fingerprint density at radius 2 is 2.18 bits per heavy atom. The van der Waals surface area contributed by atoms with Crippen molar-refractivity contribution in [1.29, 1.82) is 0 Å². The van der Waals surface area contributed by atoms with Gasteiger partial charge < -0.3 is 15.2 Å². The third-order valence-corrected chi connectivity index (χ3v) is 3.68. The lowest BCUT2D eigenvalue weighted by Gasteiger charge is -2.16. The second-order valence-corrected chi connectivity index (χ2v) is 5.79. The minimum atomic E-state index is -0.610. The molecule has 0 unspecified atom stereocenters. The Hall–Kier alpha value is -2.70. The number of fused-ring (bicyclic) bond motifs is 1. The minimum absolute atomic E-state index is 0.0367. The molecule has 3 rings (SSSR count). The number of benzene rings is 1. The van der Waals surface area contributed by atoms with E-state index in [0.29, 0.717) is 17.4 Å². The molecule has 0 saturated heterocycles. The molecule has 2 heterocycles. The smallest absolute Gasteiger partial charge is 0.234 e.